The van der Waals surface area contributed by atoms with E-state index in [2.05, 4.69) is 0 Å². The van der Waals surface area contributed by atoms with Crippen molar-refractivity contribution in [1.29, 1.82) is 0 Å². The van der Waals surface area contributed by atoms with Gasteiger partial charge in [0, 0.05) is 5.92 Å². The van der Waals surface area contributed by atoms with Crippen LogP contribution in [-0.2, 0) is 16.1 Å². The molecule has 0 bridgehead atoms. The zero-order valence-electron chi connectivity index (χ0n) is 8.48. The summed E-state index contributed by atoms with van der Waals surface area (Å²) in [7, 11) is 0. The fourth-order valence-corrected chi connectivity index (χ4v) is 1.16. The average molecular weight is 192 g/mol. The molecule has 1 rings (SSSR count). The highest BCUT2D eigenvalue weighted by molar-refractivity contribution is 5.53. The Morgan fingerprint density at radius 1 is 1.36 bits per heavy atom. The summed E-state index contributed by atoms with van der Waals surface area (Å²) in [5.74, 6) is 0.0405. The molecule has 76 valence electrons. The molecule has 0 aliphatic rings. The fraction of sp³-hybridized carbons (Fsp3) is 0.417. The highest BCUT2D eigenvalue weighted by Crippen LogP contribution is 2.04. The van der Waals surface area contributed by atoms with E-state index in [-0.39, 0.29) is 5.92 Å². The van der Waals surface area contributed by atoms with Crippen molar-refractivity contribution in [2.45, 2.75) is 20.0 Å². The van der Waals surface area contributed by atoms with E-state index in [1.165, 1.54) is 0 Å². The van der Waals surface area contributed by atoms with Gasteiger partial charge < -0.3 is 9.53 Å². The Morgan fingerprint density at radius 2 is 2.07 bits per heavy atom. The van der Waals surface area contributed by atoms with Crippen LogP contribution in [0.4, 0.5) is 0 Å². The van der Waals surface area contributed by atoms with Crippen LogP contribution in [0.1, 0.15) is 18.9 Å². The molecule has 0 N–H and O–H groups in total. The Bertz CT molecular complexity index is 256. The second kappa shape index (κ2) is 6.33. The van der Waals surface area contributed by atoms with Gasteiger partial charge in [0.15, 0.2) is 0 Å². The largest absolute Gasteiger partial charge is 0.376 e. The van der Waals surface area contributed by atoms with Gasteiger partial charge in [-0.1, -0.05) is 37.3 Å². The van der Waals surface area contributed by atoms with E-state index in [1.807, 2.05) is 37.3 Å². The first-order valence-corrected chi connectivity index (χ1v) is 4.93. The molecule has 0 spiro atoms. The van der Waals surface area contributed by atoms with Crippen LogP contribution in [0.25, 0.3) is 0 Å². The van der Waals surface area contributed by atoms with Gasteiger partial charge in [0.1, 0.15) is 6.29 Å². The van der Waals surface area contributed by atoms with Crippen molar-refractivity contribution < 1.29 is 9.53 Å². The third-order valence-corrected chi connectivity index (χ3v) is 2.16. The summed E-state index contributed by atoms with van der Waals surface area (Å²) in [5, 5.41) is 0. The number of ether oxygens (including phenoxy) is 1. The van der Waals surface area contributed by atoms with Crippen molar-refractivity contribution in [2.24, 2.45) is 5.92 Å². The van der Waals surface area contributed by atoms with Crippen LogP contribution in [0.5, 0.6) is 0 Å². The minimum Gasteiger partial charge on any atom is -0.376 e. The van der Waals surface area contributed by atoms with Crippen LogP contribution in [-0.4, -0.2) is 12.9 Å². The fourth-order valence-electron chi connectivity index (χ4n) is 1.16. The molecule has 0 aromatic heterocycles. The zero-order chi connectivity index (χ0) is 10.2. The molecular formula is C12H16O2. The normalized spacial score (nSPS) is 12.4. The van der Waals surface area contributed by atoms with Crippen LogP contribution in [0.2, 0.25) is 0 Å². The van der Waals surface area contributed by atoms with Crippen LogP contribution in [0.3, 0.4) is 0 Å². The minimum absolute atomic E-state index is 0.0405. The Morgan fingerprint density at radius 3 is 2.64 bits per heavy atom. The third-order valence-electron chi connectivity index (χ3n) is 2.16. The van der Waals surface area contributed by atoms with E-state index in [4.69, 9.17) is 4.74 Å². The standard InChI is InChI=1S/C12H16O2/c1-2-11(8-13)9-14-10-12-6-4-3-5-7-12/h3-8,11H,2,9-10H2,1H3/t11-/m1/s1. The van der Waals surface area contributed by atoms with E-state index in [9.17, 15) is 4.79 Å². The van der Waals surface area contributed by atoms with Gasteiger partial charge >= 0.3 is 0 Å². The molecule has 0 radical (unpaired) electrons. The molecule has 1 aromatic rings. The molecule has 1 aromatic carbocycles. The van der Waals surface area contributed by atoms with Gasteiger partial charge in [-0.05, 0) is 12.0 Å². The quantitative estimate of drug-likeness (QED) is 0.647. The molecule has 0 saturated heterocycles. The first-order chi connectivity index (χ1) is 6.86. The highest BCUT2D eigenvalue weighted by Gasteiger charge is 2.03. The number of hydrogen-bond donors (Lipinski definition) is 0. The second-order valence-electron chi connectivity index (χ2n) is 3.31. The molecule has 14 heavy (non-hydrogen) atoms. The first-order valence-electron chi connectivity index (χ1n) is 4.93. The topological polar surface area (TPSA) is 26.3 Å². The van der Waals surface area contributed by atoms with E-state index in [0.717, 1.165) is 18.3 Å². The monoisotopic (exact) mass is 192 g/mol. The van der Waals surface area contributed by atoms with Gasteiger partial charge in [0.05, 0.1) is 13.2 Å². The van der Waals surface area contributed by atoms with Crippen molar-refractivity contribution in [1.82, 2.24) is 0 Å². The lowest BCUT2D eigenvalue weighted by Crippen LogP contribution is -2.09. The molecular weight excluding hydrogens is 176 g/mol. The van der Waals surface area contributed by atoms with Crippen LogP contribution >= 0.6 is 0 Å². The smallest absolute Gasteiger partial charge is 0.125 e. The summed E-state index contributed by atoms with van der Waals surface area (Å²) in [6, 6.07) is 9.97. The van der Waals surface area contributed by atoms with Gasteiger partial charge in [0.2, 0.25) is 0 Å². The second-order valence-corrected chi connectivity index (χ2v) is 3.31. The van der Waals surface area contributed by atoms with E-state index in [1.54, 1.807) is 0 Å². The summed E-state index contributed by atoms with van der Waals surface area (Å²) in [6.07, 6.45) is 1.81. The SMILES string of the molecule is CC[C@H](C=O)COCc1ccccc1. The molecule has 2 heteroatoms. The summed E-state index contributed by atoms with van der Waals surface area (Å²) in [6.45, 7) is 3.10. The summed E-state index contributed by atoms with van der Waals surface area (Å²) < 4.78 is 5.43. The highest BCUT2D eigenvalue weighted by atomic mass is 16.5. The van der Waals surface area contributed by atoms with Crippen molar-refractivity contribution in [3.05, 3.63) is 35.9 Å². The van der Waals surface area contributed by atoms with E-state index >= 15 is 0 Å². The Balaban J connectivity index is 2.25. The molecule has 0 fully saturated rings. The molecule has 1 atom stereocenters. The molecule has 0 aliphatic heterocycles. The van der Waals surface area contributed by atoms with Gasteiger partial charge in [-0.2, -0.15) is 0 Å². The number of aldehydes is 1. The average Bonchev–Trinajstić information content (AvgIpc) is 2.26. The number of benzene rings is 1. The predicted molar refractivity (Wildman–Crippen MR) is 55.9 cm³/mol. The van der Waals surface area contributed by atoms with Crippen LogP contribution in [0.15, 0.2) is 30.3 Å². The maximum absolute atomic E-state index is 10.5. The lowest BCUT2D eigenvalue weighted by molar-refractivity contribution is -0.113. The Kier molecular flexibility index (Phi) is 4.94. The van der Waals surface area contributed by atoms with Gasteiger partial charge in [-0.25, -0.2) is 0 Å². The maximum atomic E-state index is 10.5. The Labute approximate surface area is 84.9 Å². The number of carbonyl (C=O) groups excluding carboxylic acids is 1. The number of hydrogen-bond acceptors (Lipinski definition) is 2. The van der Waals surface area contributed by atoms with E-state index in [0.29, 0.717) is 13.2 Å². The van der Waals surface area contributed by atoms with Gasteiger partial charge in [-0.3, -0.25) is 0 Å². The molecule has 0 amide bonds. The summed E-state index contributed by atoms with van der Waals surface area (Å²) in [5.41, 5.74) is 1.15. The zero-order valence-corrected chi connectivity index (χ0v) is 8.48. The molecule has 0 aliphatic carbocycles. The van der Waals surface area contributed by atoms with Crippen LogP contribution < -0.4 is 0 Å². The number of carbonyl (C=O) groups is 1. The Hall–Kier alpha value is -1.15. The summed E-state index contributed by atoms with van der Waals surface area (Å²) in [4.78, 5) is 10.5. The van der Waals surface area contributed by atoms with Crippen molar-refractivity contribution >= 4 is 6.29 Å². The third kappa shape index (κ3) is 3.71. The van der Waals surface area contributed by atoms with Crippen molar-refractivity contribution in [3.8, 4) is 0 Å². The lowest BCUT2D eigenvalue weighted by atomic mass is 10.1. The molecule has 0 saturated carbocycles. The van der Waals surface area contributed by atoms with Crippen molar-refractivity contribution in [3.63, 3.8) is 0 Å². The van der Waals surface area contributed by atoms with Gasteiger partial charge in [-0.15, -0.1) is 0 Å². The maximum Gasteiger partial charge on any atom is 0.125 e. The lowest BCUT2D eigenvalue weighted by Gasteiger charge is -2.08. The van der Waals surface area contributed by atoms with E-state index < -0.39 is 0 Å². The van der Waals surface area contributed by atoms with Gasteiger partial charge in [0.25, 0.3) is 0 Å². The molecule has 0 unspecified atom stereocenters. The van der Waals surface area contributed by atoms with Crippen LogP contribution in [0, 0.1) is 5.92 Å². The predicted octanol–water partition coefficient (Wildman–Crippen LogP) is 2.43. The minimum atomic E-state index is 0.0405. The molecule has 2 nitrogen and oxygen atoms in total. The number of rotatable bonds is 6. The molecule has 0 heterocycles. The summed E-state index contributed by atoms with van der Waals surface area (Å²) >= 11 is 0. The first kappa shape index (κ1) is 10.9. The van der Waals surface area contributed by atoms with Crippen molar-refractivity contribution in [2.75, 3.05) is 6.61 Å².